The Morgan fingerprint density at radius 3 is 2.72 bits per heavy atom. The van der Waals surface area contributed by atoms with Gasteiger partial charge in [0.2, 0.25) is 0 Å². The molecule has 0 aromatic rings. The number of hydrogen-bond donors (Lipinski definition) is 1. The molecule has 0 aromatic carbocycles. The summed E-state index contributed by atoms with van der Waals surface area (Å²) in [5.41, 5.74) is -0.802. The Bertz CT molecular complexity index is 753. The molecule has 4 atom stereocenters. The number of hydrogen-bond acceptors (Lipinski definition) is 6. The van der Waals surface area contributed by atoms with Crippen LogP contribution in [0.15, 0.2) is 36.0 Å². The fraction of sp³-hybridized carbons (Fsp3) is 0.609. The van der Waals surface area contributed by atoms with E-state index >= 15 is 0 Å². The van der Waals surface area contributed by atoms with Crippen LogP contribution in [0, 0.1) is 11.8 Å². The van der Waals surface area contributed by atoms with E-state index in [0.29, 0.717) is 17.9 Å². The van der Waals surface area contributed by atoms with Gasteiger partial charge in [-0.1, -0.05) is 32.3 Å². The molecule has 0 radical (unpaired) electrons. The molecule has 1 N–H and O–H groups in total. The molecule has 0 aromatic heterocycles. The van der Waals surface area contributed by atoms with E-state index < -0.39 is 29.7 Å². The van der Waals surface area contributed by atoms with Crippen LogP contribution in [0.25, 0.3) is 0 Å². The maximum atomic E-state index is 12.6. The third-order valence-corrected chi connectivity index (χ3v) is 6.19. The third-order valence-electron chi connectivity index (χ3n) is 6.19. The minimum atomic E-state index is -1.39. The molecule has 158 valence electrons. The van der Waals surface area contributed by atoms with Crippen molar-refractivity contribution in [3.8, 4) is 0 Å². The molecule has 6 heteroatoms. The lowest BCUT2D eigenvalue weighted by Crippen LogP contribution is -2.39. The lowest BCUT2D eigenvalue weighted by molar-refractivity contribution is -0.155. The number of ether oxygens (including phenoxy) is 2. The summed E-state index contributed by atoms with van der Waals surface area (Å²) in [5, 5.41) is 10.8. The number of ketones is 1. The first-order valence-electron chi connectivity index (χ1n) is 10.4. The van der Waals surface area contributed by atoms with Crippen molar-refractivity contribution in [2.45, 2.75) is 76.6 Å². The summed E-state index contributed by atoms with van der Waals surface area (Å²) >= 11 is 0. The molecule has 3 rings (SSSR count). The third kappa shape index (κ3) is 5.24. The second kappa shape index (κ2) is 8.66. The largest absolute Gasteiger partial charge is 0.461 e. The van der Waals surface area contributed by atoms with E-state index in [4.69, 9.17) is 9.47 Å². The van der Waals surface area contributed by atoms with Gasteiger partial charge in [0.05, 0.1) is 11.5 Å². The molecule has 0 bridgehead atoms. The summed E-state index contributed by atoms with van der Waals surface area (Å²) in [5.74, 6) is -1.27. The first-order chi connectivity index (χ1) is 13.7. The van der Waals surface area contributed by atoms with Crippen molar-refractivity contribution in [1.29, 1.82) is 0 Å². The molecule has 1 saturated heterocycles. The van der Waals surface area contributed by atoms with Crippen molar-refractivity contribution >= 4 is 17.7 Å². The average Bonchev–Trinajstić information content (AvgIpc) is 3.25. The second-order valence-electron chi connectivity index (χ2n) is 8.75. The van der Waals surface area contributed by atoms with E-state index in [9.17, 15) is 19.5 Å². The van der Waals surface area contributed by atoms with Crippen molar-refractivity contribution in [2.24, 2.45) is 11.8 Å². The average molecular weight is 402 g/mol. The first-order valence-corrected chi connectivity index (χ1v) is 10.4. The summed E-state index contributed by atoms with van der Waals surface area (Å²) in [7, 11) is 0. The van der Waals surface area contributed by atoms with Gasteiger partial charge in [-0.2, -0.15) is 0 Å². The van der Waals surface area contributed by atoms with E-state index in [1.165, 1.54) is 25.0 Å². The van der Waals surface area contributed by atoms with Gasteiger partial charge in [0, 0.05) is 18.4 Å². The highest BCUT2D eigenvalue weighted by atomic mass is 16.6. The fourth-order valence-electron chi connectivity index (χ4n) is 4.46. The Morgan fingerprint density at radius 1 is 1.34 bits per heavy atom. The van der Waals surface area contributed by atoms with Gasteiger partial charge >= 0.3 is 11.9 Å². The number of rotatable bonds is 4. The Morgan fingerprint density at radius 2 is 2.03 bits per heavy atom. The normalized spacial score (nSPS) is 36.2. The fourth-order valence-corrected chi connectivity index (χ4v) is 4.46. The minimum absolute atomic E-state index is 0.0374. The highest BCUT2D eigenvalue weighted by Crippen LogP contribution is 2.37. The van der Waals surface area contributed by atoms with Crippen molar-refractivity contribution in [3.05, 3.63) is 36.0 Å². The Hall–Kier alpha value is -2.21. The van der Waals surface area contributed by atoms with Gasteiger partial charge in [-0.15, -0.1) is 0 Å². The number of aliphatic hydroxyl groups is 1. The van der Waals surface area contributed by atoms with Gasteiger partial charge in [0.1, 0.15) is 12.2 Å². The van der Waals surface area contributed by atoms with Gasteiger partial charge in [0.15, 0.2) is 5.78 Å². The Kier molecular flexibility index (Phi) is 6.42. The molecule has 29 heavy (non-hydrogen) atoms. The van der Waals surface area contributed by atoms with Crippen molar-refractivity contribution < 1.29 is 29.0 Å². The van der Waals surface area contributed by atoms with Crippen LogP contribution in [-0.2, 0) is 23.9 Å². The van der Waals surface area contributed by atoms with E-state index in [-0.39, 0.29) is 23.7 Å². The van der Waals surface area contributed by atoms with Crippen LogP contribution < -0.4 is 0 Å². The molecule has 0 amide bonds. The number of allylic oxidation sites excluding steroid dienone is 2. The van der Waals surface area contributed by atoms with Crippen LogP contribution in [0.2, 0.25) is 0 Å². The lowest BCUT2D eigenvalue weighted by Gasteiger charge is -2.31. The molecular formula is C23H30O6. The van der Waals surface area contributed by atoms with Crippen LogP contribution in [0.1, 0.15) is 58.8 Å². The van der Waals surface area contributed by atoms with E-state index in [0.717, 1.165) is 19.3 Å². The minimum Gasteiger partial charge on any atom is -0.461 e. The highest BCUT2D eigenvalue weighted by Gasteiger charge is 2.46. The summed E-state index contributed by atoms with van der Waals surface area (Å²) < 4.78 is 11.2. The van der Waals surface area contributed by atoms with Gasteiger partial charge in [-0.05, 0) is 50.0 Å². The van der Waals surface area contributed by atoms with Crippen LogP contribution in [0.4, 0.5) is 0 Å². The van der Waals surface area contributed by atoms with Crippen LogP contribution in [0.3, 0.4) is 0 Å². The molecule has 3 aliphatic rings. The van der Waals surface area contributed by atoms with E-state index in [1.54, 1.807) is 19.9 Å². The monoisotopic (exact) mass is 402 g/mol. The quantitative estimate of drug-likeness (QED) is 0.574. The van der Waals surface area contributed by atoms with Crippen molar-refractivity contribution in [3.63, 3.8) is 0 Å². The van der Waals surface area contributed by atoms with Crippen molar-refractivity contribution in [2.75, 3.05) is 0 Å². The first kappa shape index (κ1) is 21.5. The number of esters is 2. The zero-order valence-electron chi connectivity index (χ0n) is 17.2. The van der Waals surface area contributed by atoms with Gasteiger partial charge < -0.3 is 14.6 Å². The summed E-state index contributed by atoms with van der Waals surface area (Å²) in [4.78, 5) is 37.0. The van der Waals surface area contributed by atoms with Crippen molar-refractivity contribution in [1.82, 2.24) is 0 Å². The van der Waals surface area contributed by atoms with Gasteiger partial charge in [-0.3, -0.25) is 9.59 Å². The summed E-state index contributed by atoms with van der Waals surface area (Å²) in [6.45, 7) is 6.99. The molecule has 2 fully saturated rings. The number of fused-ring (bicyclic) bond motifs is 1. The van der Waals surface area contributed by atoms with Crippen LogP contribution in [0.5, 0.6) is 0 Å². The molecular weight excluding hydrogens is 372 g/mol. The zero-order valence-corrected chi connectivity index (χ0v) is 17.2. The predicted molar refractivity (Wildman–Crippen MR) is 107 cm³/mol. The Labute approximate surface area is 171 Å². The van der Waals surface area contributed by atoms with E-state index in [2.05, 4.69) is 6.58 Å². The topological polar surface area (TPSA) is 89.9 Å². The molecule has 1 aliphatic heterocycles. The standard InChI is InChI=1S/C23H30O6/c1-14-12-18-21(15(2)22(26)29-18)19(13-23(3,27)11-10-17(14)24)28-20(25)9-8-16-6-4-5-7-16/h10-12,16,18-19,21,27H,2,4-9,13H2,1,3H3/b11-10+,14-12-/t18-,19-,21+,23+/m1/s1. The SMILES string of the molecule is C=C1C(=O)O[C@@H]2/C=C(/C)C(=O)/C=C/[C@](C)(O)C[C@@H](OC(=O)CCC3CCCC3)[C@@H]12. The molecule has 0 spiro atoms. The van der Waals surface area contributed by atoms with Gasteiger partial charge in [-0.25, -0.2) is 4.79 Å². The maximum absolute atomic E-state index is 12.6. The molecule has 1 heterocycles. The number of carbonyl (C=O) groups is 3. The van der Waals surface area contributed by atoms with E-state index in [1.807, 2.05) is 0 Å². The lowest BCUT2D eigenvalue weighted by atomic mass is 9.82. The molecule has 0 unspecified atom stereocenters. The summed E-state index contributed by atoms with van der Waals surface area (Å²) in [6, 6.07) is 0. The van der Waals surface area contributed by atoms with Crippen LogP contribution >= 0.6 is 0 Å². The summed E-state index contributed by atoms with van der Waals surface area (Å²) in [6.07, 6.45) is 8.62. The van der Waals surface area contributed by atoms with Gasteiger partial charge in [0.25, 0.3) is 0 Å². The smallest absolute Gasteiger partial charge is 0.334 e. The number of carbonyl (C=O) groups excluding carboxylic acids is 3. The highest BCUT2D eigenvalue weighted by molar-refractivity contribution is 6.03. The Balaban J connectivity index is 1.82. The second-order valence-corrected chi connectivity index (χ2v) is 8.75. The predicted octanol–water partition coefficient (Wildman–Crippen LogP) is 3.19. The zero-order chi connectivity index (χ0) is 21.2. The van der Waals surface area contributed by atoms with Crippen LogP contribution in [-0.4, -0.2) is 40.6 Å². The molecule has 2 aliphatic carbocycles. The molecule has 6 nitrogen and oxygen atoms in total. The maximum Gasteiger partial charge on any atom is 0.334 e. The molecule has 1 saturated carbocycles.